The molecule has 0 amide bonds. The predicted octanol–water partition coefficient (Wildman–Crippen LogP) is 3.31. The lowest BCUT2D eigenvalue weighted by molar-refractivity contribution is 0.274. The van der Waals surface area contributed by atoms with E-state index in [0.717, 1.165) is 15.6 Å². The zero-order chi connectivity index (χ0) is 15.9. The van der Waals surface area contributed by atoms with Crippen LogP contribution in [0, 0.1) is 12.8 Å². The van der Waals surface area contributed by atoms with Crippen molar-refractivity contribution in [2.24, 2.45) is 5.92 Å². The van der Waals surface area contributed by atoms with Crippen molar-refractivity contribution in [3.63, 3.8) is 0 Å². The number of hydrogen-bond acceptors (Lipinski definition) is 3. The molecule has 3 atom stereocenters. The van der Waals surface area contributed by atoms with Crippen LogP contribution < -0.4 is 0 Å². The van der Waals surface area contributed by atoms with Crippen molar-refractivity contribution in [1.29, 1.82) is 0 Å². The molecule has 2 aromatic rings. The second kappa shape index (κ2) is 5.80. The Morgan fingerprint density at radius 1 is 1.05 bits per heavy atom. The molecule has 1 aliphatic rings. The summed E-state index contributed by atoms with van der Waals surface area (Å²) in [5.74, 6) is -0.364. The molecule has 0 unspecified atom stereocenters. The monoisotopic (exact) mass is 380 g/mol. The number of aliphatic hydroxyl groups excluding tert-OH is 1. The van der Waals surface area contributed by atoms with Gasteiger partial charge in [0.2, 0.25) is 0 Å². The van der Waals surface area contributed by atoms with Crippen LogP contribution in [0.2, 0.25) is 0 Å². The lowest BCUT2D eigenvalue weighted by atomic mass is 10.1. The molecule has 0 bridgehead atoms. The molecule has 0 aromatic heterocycles. The van der Waals surface area contributed by atoms with E-state index >= 15 is 0 Å². The number of aliphatic hydroxyl groups is 1. The van der Waals surface area contributed by atoms with Gasteiger partial charge >= 0.3 is 0 Å². The van der Waals surface area contributed by atoms with Gasteiger partial charge in [-0.3, -0.25) is 0 Å². The molecule has 3 rings (SSSR count). The van der Waals surface area contributed by atoms with Crippen LogP contribution in [-0.2, 0) is 9.84 Å². The van der Waals surface area contributed by atoms with Crippen LogP contribution in [0.3, 0.4) is 0 Å². The van der Waals surface area contributed by atoms with Crippen LogP contribution >= 0.6 is 15.9 Å². The van der Waals surface area contributed by atoms with Crippen molar-refractivity contribution in [3.8, 4) is 0 Å². The number of sulfone groups is 1. The molecule has 22 heavy (non-hydrogen) atoms. The third-order valence-corrected chi connectivity index (χ3v) is 7.09. The standard InChI is InChI=1S/C17H17BrO3S/c1-11-2-8-14(9-3-11)22(20,21)17-15(10-19)16(17)12-4-6-13(18)7-5-12/h2-9,15-17,19H,10H2,1H3/t15-,16+,17+/m0/s1. The van der Waals surface area contributed by atoms with Gasteiger partial charge in [0.1, 0.15) is 0 Å². The van der Waals surface area contributed by atoms with E-state index in [1.807, 2.05) is 31.2 Å². The molecule has 0 aliphatic heterocycles. The second-order valence-corrected chi connectivity index (χ2v) is 8.77. The number of benzene rings is 2. The molecule has 1 fully saturated rings. The van der Waals surface area contributed by atoms with E-state index in [-0.39, 0.29) is 18.4 Å². The van der Waals surface area contributed by atoms with Crippen molar-refractivity contribution in [1.82, 2.24) is 0 Å². The van der Waals surface area contributed by atoms with Crippen LogP contribution in [0.4, 0.5) is 0 Å². The van der Waals surface area contributed by atoms with Gasteiger partial charge in [-0.2, -0.15) is 0 Å². The molecule has 0 saturated heterocycles. The van der Waals surface area contributed by atoms with Gasteiger partial charge in [-0.15, -0.1) is 0 Å². The summed E-state index contributed by atoms with van der Waals surface area (Å²) in [4.78, 5) is 0.334. The van der Waals surface area contributed by atoms with Crippen LogP contribution in [-0.4, -0.2) is 25.4 Å². The van der Waals surface area contributed by atoms with Crippen LogP contribution in [0.1, 0.15) is 17.0 Å². The van der Waals surface area contributed by atoms with Gasteiger partial charge in [0.05, 0.1) is 10.1 Å². The molecule has 1 N–H and O–H groups in total. The third-order valence-electron chi connectivity index (χ3n) is 4.27. The fourth-order valence-corrected chi connectivity index (χ4v) is 5.45. The molecular formula is C17H17BrO3S. The Bertz CT molecular complexity index is 767. The predicted molar refractivity (Wildman–Crippen MR) is 89.6 cm³/mol. The normalized spacial score (nSPS) is 24.2. The minimum absolute atomic E-state index is 0.115. The van der Waals surface area contributed by atoms with Gasteiger partial charge < -0.3 is 5.11 Å². The van der Waals surface area contributed by atoms with E-state index in [4.69, 9.17) is 0 Å². The fourth-order valence-electron chi connectivity index (χ4n) is 2.99. The van der Waals surface area contributed by atoms with E-state index in [1.54, 1.807) is 24.3 Å². The lowest BCUT2D eigenvalue weighted by Gasteiger charge is -2.05. The highest BCUT2D eigenvalue weighted by atomic mass is 79.9. The van der Waals surface area contributed by atoms with E-state index in [9.17, 15) is 13.5 Å². The topological polar surface area (TPSA) is 54.4 Å². The van der Waals surface area contributed by atoms with Crippen molar-refractivity contribution in [2.45, 2.75) is 23.0 Å². The molecule has 0 heterocycles. The second-order valence-electron chi connectivity index (χ2n) is 5.75. The quantitative estimate of drug-likeness (QED) is 0.884. The smallest absolute Gasteiger partial charge is 0.182 e. The Labute approximate surface area is 139 Å². The largest absolute Gasteiger partial charge is 0.396 e. The van der Waals surface area contributed by atoms with E-state index < -0.39 is 15.1 Å². The summed E-state index contributed by atoms with van der Waals surface area (Å²) in [6.07, 6.45) is 0. The van der Waals surface area contributed by atoms with E-state index in [0.29, 0.717) is 4.90 Å². The van der Waals surface area contributed by atoms with Crippen molar-refractivity contribution < 1.29 is 13.5 Å². The summed E-state index contributed by atoms with van der Waals surface area (Å²) < 4.78 is 26.6. The molecule has 2 aromatic carbocycles. The van der Waals surface area contributed by atoms with Gasteiger partial charge in [-0.05, 0) is 36.8 Å². The fraction of sp³-hybridized carbons (Fsp3) is 0.294. The van der Waals surface area contributed by atoms with Gasteiger partial charge in [0.25, 0.3) is 0 Å². The van der Waals surface area contributed by atoms with Crippen LogP contribution in [0.5, 0.6) is 0 Å². The molecule has 1 aliphatic carbocycles. The maximum absolute atomic E-state index is 12.8. The first-order chi connectivity index (χ1) is 10.4. The number of rotatable bonds is 4. The minimum Gasteiger partial charge on any atom is -0.396 e. The van der Waals surface area contributed by atoms with E-state index in [2.05, 4.69) is 15.9 Å². The number of hydrogen-bond donors (Lipinski definition) is 1. The molecule has 3 nitrogen and oxygen atoms in total. The van der Waals surface area contributed by atoms with Crippen molar-refractivity contribution in [3.05, 3.63) is 64.1 Å². The number of aryl methyl sites for hydroxylation is 1. The van der Waals surface area contributed by atoms with Gasteiger partial charge in [0.15, 0.2) is 9.84 Å². The van der Waals surface area contributed by atoms with Crippen molar-refractivity contribution in [2.75, 3.05) is 6.61 Å². The minimum atomic E-state index is -3.42. The Hall–Kier alpha value is -1.17. The summed E-state index contributed by atoms with van der Waals surface area (Å²) in [7, 11) is -3.42. The maximum atomic E-state index is 12.8. The molecule has 116 valence electrons. The zero-order valence-corrected chi connectivity index (χ0v) is 14.5. The summed E-state index contributed by atoms with van der Waals surface area (Å²) in [6, 6.07) is 14.5. The Kier molecular flexibility index (Phi) is 4.14. The average molecular weight is 381 g/mol. The van der Waals surface area contributed by atoms with Gasteiger partial charge in [0, 0.05) is 22.9 Å². The van der Waals surface area contributed by atoms with Gasteiger partial charge in [-0.1, -0.05) is 45.8 Å². The Morgan fingerprint density at radius 3 is 2.18 bits per heavy atom. The molecular weight excluding hydrogens is 364 g/mol. The highest BCUT2D eigenvalue weighted by molar-refractivity contribution is 9.10. The first-order valence-corrected chi connectivity index (χ1v) is 9.46. The first kappa shape index (κ1) is 15.7. The summed E-state index contributed by atoms with van der Waals surface area (Å²) in [5, 5.41) is 9.00. The van der Waals surface area contributed by atoms with Crippen molar-refractivity contribution >= 4 is 25.8 Å². The summed E-state index contributed by atoms with van der Waals surface area (Å²) >= 11 is 3.38. The summed E-state index contributed by atoms with van der Waals surface area (Å²) in [5.41, 5.74) is 1.99. The van der Waals surface area contributed by atoms with E-state index in [1.165, 1.54) is 0 Å². The first-order valence-electron chi connectivity index (χ1n) is 7.12. The third kappa shape index (κ3) is 2.73. The highest BCUT2D eigenvalue weighted by Crippen LogP contribution is 2.53. The summed E-state index contributed by atoms with van der Waals surface area (Å²) in [6.45, 7) is 1.81. The molecule has 5 heteroatoms. The molecule has 0 spiro atoms. The number of halogens is 1. The molecule has 0 radical (unpaired) electrons. The molecule has 1 saturated carbocycles. The maximum Gasteiger partial charge on any atom is 0.182 e. The van der Waals surface area contributed by atoms with Crippen LogP contribution in [0.25, 0.3) is 0 Å². The lowest BCUT2D eigenvalue weighted by Crippen LogP contribution is -2.11. The average Bonchev–Trinajstić information content (AvgIpc) is 3.24. The van der Waals surface area contributed by atoms with Crippen LogP contribution in [0.15, 0.2) is 57.9 Å². The Balaban J connectivity index is 1.93. The highest BCUT2D eigenvalue weighted by Gasteiger charge is 2.58. The SMILES string of the molecule is Cc1ccc(S(=O)(=O)[C@@H]2[C@@H](CO)[C@H]2c2ccc(Br)cc2)cc1. The Morgan fingerprint density at radius 2 is 1.64 bits per heavy atom. The van der Waals surface area contributed by atoms with Gasteiger partial charge in [-0.25, -0.2) is 8.42 Å². The zero-order valence-electron chi connectivity index (χ0n) is 12.1.